The first-order valence-electron chi connectivity index (χ1n) is 6.92. The van der Waals surface area contributed by atoms with Crippen molar-refractivity contribution in [1.29, 1.82) is 0 Å². The summed E-state index contributed by atoms with van der Waals surface area (Å²) in [7, 11) is 0. The van der Waals surface area contributed by atoms with Crippen LogP contribution in [0, 0.1) is 10.1 Å². The predicted molar refractivity (Wildman–Crippen MR) is 94.6 cm³/mol. The number of furan rings is 1. The van der Waals surface area contributed by atoms with Crippen LogP contribution in [-0.4, -0.2) is 11.1 Å². The molecule has 0 atom stereocenters. The molecule has 0 aliphatic rings. The summed E-state index contributed by atoms with van der Waals surface area (Å²) in [5.41, 5.74) is 0.747. The van der Waals surface area contributed by atoms with E-state index in [1.165, 1.54) is 18.3 Å². The molecule has 0 fully saturated rings. The second-order valence-corrected chi connectivity index (χ2v) is 6.27. The van der Waals surface area contributed by atoms with E-state index in [0.29, 0.717) is 10.8 Å². The van der Waals surface area contributed by atoms with Gasteiger partial charge in [-0.1, -0.05) is 35.5 Å². The van der Waals surface area contributed by atoms with Crippen LogP contribution < -0.4 is 0 Å². The Balaban J connectivity index is 1.81. The topological polar surface area (TPSA) is 68.6 Å². The number of nitrogens with zero attached hydrogens (tertiary/aromatic N) is 2. The van der Waals surface area contributed by atoms with Crippen LogP contribution in [0.5, 0.6) is 0 Å². The molecule has 0 aliphatic heterocycles. The largest absolute Gasteiger partial charge is 0.433 e. The summed E-state index contributed by atoms with van der Waals surface area (Å²) in [6.07, 6.45) is 1.47. The zero-order chi connectivity index (χ0) is 16.9. The number of rotatable bonds is 5. The molecule has 0 N–H and O–H groups in total. The Bertz CT molecular complexity index is 891. The Kier molecular flexibility index (Phi) is 4.98. The zero-order valence-electron chi connectivity index (χ0n) is 12.3. The number of aliphatic imine (C=N–C) groups is 1. The molecule has 0 spiro atoms. The molecule has 0 aliphatic carbocycles. The third-order valence-corrected chi connectivity index (χ3v) is 4.36. The molecule has 24 heavy (non-hydrogen) atoms. The average molecular weight is 359 g/mol. The van der Waals surface area contributed by atoms with Gasteiger partial charge < -0.3 is 4.42 Å². The number of hydrogen-bond donors (Lipinski definition) is 0. The van der Waals surface area contributed by atoms with E-state index in [-0.39, 0.29) is 5.88 Å². The number of para-hydroxylation sites is 1. The molecule has 1 heterocycles. The van der Waals surface area contributed by atoms with Gasteiger partial charge in [0.25, 0.3) is 0 Å². The van der Waals surface area contributed by atoms with Crippen LogP contribution in [0.25, 0.3) is 0 Å². The number of hydrogen-bond acceptors (Lipinski definition) is 5. The van der Waals surface area contributed by atoms with E-state index in [2.05, 4.69) is 4.99 Å². The van der Waals surface area contributed by atoms with Gasteiger partial charge in [0.05, 0.1) is 18.0 Å². The molecule has 2 aromatic carbocycles. The highest BCUT2D eigenvalue weighted by molar-refractivity contribution is 7.99. The highest BCUT2D eigenvalue weighted by Gasteiger charge is 2.10. The second-order valence-electron chi connectivity index (χ2n) is 4.72. The van der Waals surface area contributed by atoms with Crippen LogP contribution in [0.15, 0.2) is 79.9 Å². The van der Waals surface area contributed by atoms with Crippen LogP contribution in [0.1, 0.15) is 5.76 Å². The molecule has 0 saturated heterocycles. The highest BCUT2D eigenvalue weighted by atomic mass is 35.5. The van der Waals surface area contributed by atoms with E-state index in [1.807, 2.05) is 48.5 Å². The lowest BCUT2D eigenvalue weighted by Gasteiger charge is -2.05. The third-order valence-electron chi connectivity index (χ3n) is 3.03. The van der Waals surface area contributed by atoms with Gasteiger partial charge in [-0.3, -0.25) is 15.1 Å². The van der Waals surface area contributed by atoms with E-state index in [1.54, 1.807) is 11.8 Å². The predicted octanol–water partition coefficient (Wildman–Crippen LogP) is 5.74. The lowest BCUT2D eigenvalue weighted by atomic mass is 10.3. The van der Waals surface area contributed by atoms with Gasteiger partial charge in [-0.25, -0.2) is 0 Å². The minimum absolute atomic E-state index is 0.305. The van der Waals surface area contributed by atoms with Crippen LogP contribution in [0.2, 0.25) is 5.02 Å². The SMILES string of the molecule is O=[N+]([O-])c1ccc(C=Nc2ccccc2Sc2ccc(Cl)cc2)o1. The van der Waals surface area contributed by atoms with Crippen molar-refractivity contribution in [3.05, 3.63) is 81.6 Å². The van der Waals surface area contributed by atoms with Crippen molar-refractivity contribution in [2.45, 2.75) is 9.79 Å². The standard InChI is InChI=1S/C17H11ClN2O3S/c18-12-5-8-14(9-6-12)24-16-4-2-1-3-15(16)19-11-13-7-10-17(23-13)20(21)22/h1-11H. The van der Waals surface area contributed by atoms with Crippen molar-refractivity contribution in [3.8, 4) is 0 Å². The lowest BCUT2D eigenvalue weighted by molar-refractivity contribution is -0.402. The van der Waals surface area contributed by atoms with Crippen LogP contribution in [0.4, 0.5) is 11.6 Å². The maximum Gasteiger partial charge on any atom is 0.433 e. The van der Waals surface area contributed by atoms with Gasteiger partial charge in [-0.05, 0) is 42.5 Å². The van der Waals surface area contributed by atoms with Crippen LogP contribution in [-0.2, 0) is 0 Å². The summed E-state index contributed by atoms with van der Waals surface area (Å²) in [6, 6.07) is 18.0. The summed E-state index contributed by atoms with van der Waals surface area (Å²) in [5.74, 6) is 0.0215. The molecule has 5 nitrogen and oxygen atoms in total. The van der Waals surface area contributed by atoms with Crippen molar-refractivity contribution in [3.63, 3.8) is 0 Å². The number of nitro groups is 1. The van der Waals surface area contributed by atoms with Crippen molar-refractivity contribution in [1.82, 2.24) is 0 Å². The fourth-order valence-corrected chi connectivity index (χ4v) is 2.95. The molecule has 3 rings (SSSR count). The van der Waals surface area contributed by atoms with Crippen LogP contribution >= 0.6 is 23.4 Å². The minimum atomic E-state index is -0.582. The Labute approximate surface area is 147 Å². The van der Waals surface area contributed by atoms with Gasteiger partial charge >= 0.3 is 5.88 Å². The van der Waals surface area contributed by atoms with Crippen molar-refractivity contribution < 1.29 is 9.34 Å². The minimum Gasteiger partial charge on any atom is -0.400 e. The Morgan fingerprint density at radius 3 is 2.54 bits per heavy atom. The normalized spacial score (nSPS) is 11.0. The second kappa shape index (κ2) is 7.33. The molecule has 0 saturated carbocycles. The first-order valence-corrected chi connectivity index (χ1v) is 8.12. The molecule has 0 bridgehead atoms. The Morgan fingerprint density at radius 2 is 1.83 bits per heavy atom. The Hall–Kier alpha value is -2.57. The summed E-state index contributed by atoms with van der Waals surface area (Å²) in [6.45, 7) is 0. The summed E-state index contributed by atoms with van der Waals surface area (Å²) in [4.78, 5) is 16.4. The maximum atomic E-state index is 10.6. The van der Waals surface area contributed by atoms with E-state index in [0.717, 1.165) is 15.5 Å². The van der Waals surface area contributed by atoms with E-state index in [4.69, 9.17) is 16.0 Å². The van der Waals surface area contributed by atoms with Gasteiger partial charge in [0, 0.05) is 14.8 Å². The van der Waals surface area contributed by atoms with Gasteiger partial charge in [0.2, 0.25) is 0 Å². The highest BCUT2D eigenvalue weighted by Crippen LogP contribution is 2.35. The number of halogens is 1. The fraction of sp³-hybridized carbons (Fsp3) is 0. The summed E-state index contributed by atoms with van der Waals surface area (Å²) in [5, 5.41) is 11.3. The molecule has 120 valence electrons. The van der Waals surface area contributed by atoms with E-state index >= 15 is 0 Å². The Morgan fingerprint density at radius 1 is 1.08 bits per heavy atom. The average Bonchev–Trinajstić information content (AvgIpc) is 3.05. The quantitative estimate of drug-likeness (QED) is 0.331. The van der Waals surface area contributed by atoms with E-state index < -0.39 is 4.92 Å². The van der Waals surface area contributed by atoms with Crippen molar-refractivity contribution in [2.24, 2.45) is 4.99 Å². The number of benzene rings is 2. The third kappa shape index (κ3) is 4.04. The molecular weight excluding hydrogens is 348 g/mol. The summed E-state index contributed by atoms with van der Waals surface area (Å²) < 4.78 is 5.07. The molecule has 0 amide bonds. The smallest absolute Gasteiger partial charge is 0.400 e. The fourth-order valence-electron chi connectivity index (χ4n) is 1.92. The summed E-state index contributed by atoms with van der Waals surface area (Å²) >= 11 is 7.45. The zero-order valence-corrected chi connectivity index (χ0v) is 13.8. The van der Waals surface area contributed by atoms with Gasteiger partial charge in [-0.2, -0.15) is 0 Å². The van der Waals surface area contributed by atoms with Gasteiger partial charge in [0.1, 0.15) is 4.92 Å². The van der Waals surface area contributed by atoms with Gasteiger partial charge in [0.15, 0.2) is 5.76 Å². The monoisotopic (exact) mass is 358 g/mol. The van der Waals surface area contributed by atoms with E-state index in [9.17, 15) is 10.1 Å². The van der Waals surface area contributed by atoms with Gasteiger partial charge in [-0.15, -0.1) is 0 Å². The molecule has 0 unspecified atom stereocenters. The van der Waals surface area contributed by atoms with Crippen LogP contribution in [0.3, 0.4) is 0 Å². The molecular formula is C17H11ClN2O3S. The van der Waals surface area contributed by atoms with Crippen molar-refractivity contribution >= 4 is 41.1 Å². The molecule has 7 heteroatoms. The maximum absolute atomic E-state index is 10.6. The molecule has 3 aromatic rings. The lowest BCUT2D eigenvalue weighted by Crippen LogP contribution is -1.83. The first kappa shape index (κ1) is 16.3. The molecule has 0 radical (unpaired) electrons. The van der Waals surface area contributed by atoms with Crippen molar-refractivity contribution in [2.75, 3.05) is 0 Å². The molecule has 1 aromatic heterocycles. The first-order chi connectivity index (χ1) is 11.6.